The van der Waals surface area contributed by atoms with Crippen LogP contribution in [0.2, 0.25) is 10.0 Å². The normalized spacial score (nSPS) is 12.3. The Morgan fingerprint density at radius 1 is 0.569 bits per heavy atom. The fourth-order valence-electron chi connectivity index (χ4n) is 7.09. The van der Waals surface area contributed by atoms with Gasteiger partial charge in [0.15, 0.2) is 9.75 Å². The van der Waals surface area contributed by atoms with E-state index in [1.807, 2.05) is 65.4 Å². The number of nitrogens with one attached hydrogen (secondary N) is 2. The van der Waals surface area contributed by atoms with Crippen LogP contribution in [0.15, 0.2) is 110 Å². The molecule has 376 valence electrons. The van der Waals surface area contributed by atoms with Crippen LogP contribution in [0.5, 0.6) is 11.5 Å². The third kappa shape index (κ3) is 12.9. The standard InChI is InChI=1S/2C26H26ClN3O5S/c1-15(17-8-6-7-9-18(17)27)34-21-13-22(36-23(21)24(31)33-5)30-14-28-19-12-16(10-11-20(19)30)29-25(32)35-26(2,3)4;1-15(17-8-6-7-9-18(17)27)34-21-13-22(36-23(21)24(31)33-5)30-14-28-19-11-10-16(12-20(19)30)29-25(32)35-26(2,3)4/h2*6-15H,1-5H3,(H,29,32). The Bertz CT molecular complexity index is 3280. The van der Waals surface area contributed by atoms with Gasteiger partial charge in [-0.2, -0.15) is 0 Å². The van der Waals surface area contributed by atoms with Crippen molar-refractivity contribution in [3.63, 3.8) is 0 Å². The summed E-state index contributed by atoms with van der Waals surface area (Å²) in [4.78, 5) is 59.0. The summed E-state index contributed by atoms with van der Waals surface area (Å²) in [5, 5.41) is 8.02. The first-order valence-electron chi connectivity index (χ1n) is 22.3. The first-order chi connectivity index (χ1) is 34.1. The number of anilines is 2. The van der Waals surface area contributed by atoms with Crippen molar-refractivity contribution in [3.8, 4) is 21.5 Å². The zero-order chi connectivity index (χ0) is 52.1. The van der Waals surface area contributed by atoms with Crippen LogP contribution in [0.25, 0.3) is 32.1 Å². The largest absolute Gasteiger partial charge is 0.484 e. The molecule has 8 rings (SSSR count). The number of aromatic nitrogens is 4. The van der Waals surface area contributed by atoms with Crippen LogP contribution < -0.4 is 20.1 Å². The van der Waals surface area contributed by atoms with Gasteiger partial charge in [-0.05, 0) is 104 Å². The highest BCUT2D eigenvalue weighted by molar-refractivity contribution is 7.17. The van der Waals surface area contributed by atoms with Crippen LogP contribution >= 0.6 is 45.9 Å². The maximum atomic E-state index is 12.6. The second-order valence-corrected chi connectivity index (χ2v) is 20.9. The Morgan fingerprint density at radius 2 is 1.00 bits per heavy atom. The number of carbonyl (C=O) groups is 4. The van der Waals surface area contributed by atoms with Gasteiger partial charge in [-0.25, -0.2) is 29.1 Å². The van der Waals surface area contributed by atoms with Crippen molar-refractivity contribution in [2.45, 2.75) is 78.8 Å². The molecule has 0 aliphatic heterocycles. The molecule has 0 aliphatic rings. The third-order valence-corrected chi connectivity index (χ3v) is 13.1. The first kappa shape index (κ1) is 52.7. The number of nitrogens with zero attached hydrogens (tertiary/aromatic N) is 4. The maximum absolute atomic E-state index is 12.6. The lowest BCUT2D eigenvalue weighted by Gasteiger charge is -2.19. The molecule has 2 amide bonds. The Labute approximate surface area is 433 Å². The van der Waals surface area contributed by atoms with E-state index in [0.717, 1.165) is 22.2 Å². The molecule has 0 aliphatic carbocycles. The zero-order valence-corrected chi connectivity index (χ0v) is 44.1. The van der Waals surface area contributed by atoms with Crippen LogP contribution in [0.1, 0.15) is 98.1 Å². The van der Waals surface area contributed by atoms with E-state index < -0.39 is 47.5 Å². The van der Waals surface area contributed by atoms with E-state index in [-0.39, 0.29) is 0 Å². The van der Waals surface area contributed by atoms with E-state index in [2.05, 4.69) is 20.6 Å². The van der Waals surface area contributed by atoms with Gasteiger partial charge in [-0.3, -0.25) is 19.8 Å². The minimum atomic E-state index is -0.616. The van der Waals surface area contributed by atoms with Gasteiger partial charge in [-0.1, -0.05) is 59.6 Å². The fourth-order valence-corrected chi connectivity index (χ4v) is 9.66. The molecule has 0 spiro atoms. The van der Waals surface area contributed by atoms with Crippen LogP contribution in [0.3, 0.4) is 0 Å². The summed E-state index contributed by atoms with van der Waals surface area (Å²) in [7, 11) is 2.65. The number of halogens is 2. The van der Waals surface area contributed by atoms with Crippen molar-refractivity contribution in [3.05, 3.63) is 141 Å². The molecule has 2 unspecified atom stereocenters. The van der Waals surface area contributed by atoms with Gasteiger partial charge in [-0.15, -0.1) is 22.7 Å². The quantitative estimate of drug-likeness (QED) is 0.0873. The SMILES string of the molecule is COC(=O)c1sc(-n2cnc3cc(NC(=O)OC(C)(C)C)ccc32)cc1OC(C)c1ccccc1Cl.COC(=O)c1sc(-n2cnc3ccc(NC(=O)OC(C)(C)C)cc32)cc1OC(C)c1ccccc1Cl. The number of rotatable bonds is 12. The fraction of sp³-hybridized carbons (Fsp3) is 0.269. The monoisotopic (exact) mass is 1050 g/mol. The van der Waals surface area contributed by atoms with E-state index in [1.165, 1.54) is 36.9 Å². The lowest BCUT2D eigenvalue weighted by Crippen LogP contribution is -2.27. The zero-order valence-electron chi connectivity index (χ0n) is 41.0. The molecule has 0 radical (unpaired) electrons. The summed E-state index contributed by atoms with van der Waals surface area (Å²) < 4.78 is 36.6. The molecule has 16 nitrogen and oxygen atoms in total. The van der Waals surface area contributed by atoms with Crippen molar-refractivity contribution >= 4 is 103 Å². The molecule has 0 bridgehead atoms. The predicted molar refractivity (Wildman–Crippen MR) is 281 cm³/mol. The minimum absolute atomic E-state index is 0.316. The molecule has 2 N–H and O–H groups in total. The van der Waals surface area contributed by atoms with Crippen LogP contribution in [0, 0.1) is 0 Å². The number of methoxy groups -OCH3 is 2. The number of ether oxygens (including phenoxy) is 6. The van der Waals surface area contributed by atoms with Crippen molar-refractivity contribution < 1.29 is 47.6 Å². The minimum Gasteiger partial charge on any atom is -0.484 e. The Kier molecular flexibility index (Phi) is 16.2. The topological polar surface area (TPSA) is 183 Å². The molecule has 0 saturated carbocycles. The molecule has 8 aromatic rings. The van der Waals surface area contributed by atoms with Crippen LogP contribution in [-0.2, 0) is 18.9 Å². The molecule has 4 heterocycles. The summed E-state index contributed by atoms with van der Waals surface area (Å²) >= 11 is 15.1. The molecular formula is C52H52Cl2N6O10S2. The lowest BCUT2D eigenvalue weighted by molar-refractivity contribution is 0.0590. The maximum Gasteiger partial charge on any atom is 0.412 e. The lowest BCUT2D eigenvalue weighted by atomic mass is 10.1. The van der Waals surface area contributed by atoms with E-state index in [4.69, 9.17) is 51.6 Å². The Morgan fingerprint density at radius 3 is 1.46 bits per heavy atom. The predicted octanol–water partition coefficient (Wildman–Crippen LogP) is 14.0. The summed E-state index contributed by atoms with van der Waals surface area (Å²) in [6.45, 7) is 14.5. The number of hydrogen-bond acceptors (Lipinski definition) is 14. The number of benzene rings is 4. The molecule has 0 saturated heterocycles. The summed E-state index contributed by atoms with van der Waals surface area (Å²) in [5.74, 6) is -0.247. The number of fused-ring (bicyclic) bond motifs is 2. The highest BCUT2D eigenvalue weighted by Gasteiger charge is 2.26. The summed E-state index contributed by atoms with van der Waals surface area (Å²) in [6, 6.07) is 29.0. The van der Waals surface area contributed by atoms with Gasteiger partial charge in [0.25, 0.3) is 0 Å². The molecule has 72 heavy (non-hydrogen) atoms. The second kappa shape index (κ2) is 22.1. The average Bonchev–Trinajstić information content (AvgIpc) is 4.13. The van der Waals surface area contributed by atoms with E-state index in [0.29, 0.717) is 63.7 Å². The Balaban J connectivity index is 0.000000211. The van der Waals surface area contributed by atoms with Gasteiger partial charge in [0, 0.05) is 44.7 Å². The molecule has 4 aromatic carbocycles. The summed E-state index contributed by atoms with van der Waals surface area (Å²) in [5.41, 5.74) is 4.38. The molecule has 4 aromatic heterocycles. The van der Waals surface area contributed by atoms with Crippen LogP contribution in [-0.4, -0.2) is 68.6 Å². The van der Waals surface area contributed by atoms with Crippen molar-refractivity contribution in [1.82, 2.24) is 19.1 Å². The molecule has 2 atom stereocenters. The number of amides is 2. The third-order valence-electron chi connectivity index (χ3n) is 10.3. The van der Waals surface area contributed by atoms with E-state index >= 15 is 0 Å². The average molecular weight is 1060 g/mol. The smallest absolute Gasteiger partial charge is 0.412 e. The summed E-state index contributed by atoms with van der Waals surface area (Å²) in [6.07, 6.45) is 1.39. The van der Waals surface area contributed by atoms with Gasteiger partial charge < -0.3 is 28.4 Å². The number of imidazole rings is 2. The highest BCUT2D eigenvalue weighted by atomic mass is 35.5. The van der Waals surface area contributed by atoms with E-state index in [9.17, 15) is 19.2 Å². The molecular weight excluding hydrogens is 1000 g/mol. The number of thiophene rings is 2. The number of esters is 2. The number of hydrogen-bond donors (Lipinski definition) is 2. The van der Waals surface area contributed by atoms with Crippen LogP contribution in [0.4, 0.5) is 21.0 Å². The van der Waals surface area contributed by atoms with Gasteiger partial charge in [0.2, 0.25) is 0 Å². The van der Waals surface area contributed by atoms with Crippen molar-refractivity contribution in [2.24, 2.45) is 0 Å². The highest BCUT2D eigenvalue weighted by Crippen LogP contribution is 2.40. The second-order valence-electron chi connectivity index (χ2n) is 18.0. The van der Waals surface area contributed by atoms with Crippen molar-refractivity contribution in [2.75, 3.05) is 24.9 Å². The van der Waals surface area contributed by atoms with Crippen molar-refractivity contribution in [1.29, 1.82) is 0 Å². The van der Waals surface area contributed by atoms with E-state index in [1.54, 1.807) is 109 Å². The van der Waals surface area contributed by atoms with Gasteiger partial charge in [0.1, 0.15) is 57.6 Å². The van der Waals surface area contributed by atoms with Gasteiger partial charge in [0.05, 0.1) is 36.3 Å². The number of carbonyl (C=O) groups excluding carboxylic acids is 4. The first-order valence-corrected chi connectivity index (χ1v) is 24.7. The molecule has 0 fully saturated rings. The molecule has 20 heteroatoms. The van der Waals surface area contributed by atoms with Gasteiger partial charge >= 0.3 is 24.1 Å². The Hall–Kier alpha value is -7.12.